The molecule has 0 aliphatic rings. The van der Waals surface area contributed by atoms with Crippen molar-refractivity contribution in [2.45, 2.75) is 6.92 Å². The Hall–Kier alpha value is -3.43. The third-order valence-corrected chi connectivity index (χ3v) is 4.73. The van der Waals surface area contributed by atoms with Gasteiger partial charge in [0.15, 0.2) is 24.8 Å². The van der Waals surface area contributed by atoms with Gasteiger partial charge < -0.3 is 34.5 Å². The van der Waals surface area contributed by atoms with Gasteiger partial charge in [-0.2, -0.15) is 8.80 Å². The van der Waals surface area contributed by atoms with Crippen LogP contribution in [0.3, 0.4) is 0 Å². The van der Waals surface area contributed by atoms with Gasteiger partial charge in [-0.3, -0.25) is 0 Å². The van der Waals surface area contributed by atoms with Crippen LogP contribution < -0.4 is 8.80 Å². The summed E-state index contributed by atoms with van der Waals surface area (Å²) < 4.78 is 82.4. The zero-order valence-electron chi connectivity index (χ0n) is 17.1. The van der Waals surface area contributed by atoms with E-state index in [0.29, 0.717) is 0 Å². The third kappa shape index (κ3) is 6.53. The quantitative estimate of drug-likeness (QED) is 0.0817. The molecule has 0 bridgehead atoms. The molecule has 4 heterocycles. The summed E-state index contributed by atoms with van der Waals surface area (Å²) in [5.41, 5.74) is 3.79. The van der Waals surface area contributed by atoms with E-state index in [4.69, 9.17) is 0 Å². The summed E-state index contributed by atoms with van der Waals surface area (Å²) in [6.07, 6.45) is 8.69. The Morgan fingerprint density at radius 3 is 1.82 bits per heavy atom. The van der Waals surface area contributed by atoms with Gasteiger partial charge in [-0.25, -0.2) is 0 Å². The first-order chi connectivity index (χ1) is 15.3. The third-order valence-electron chi connectivity index (χ3n) is 4.73. The molecule has 0 fully saturated rings. The lowest BCUT2D eigenvalue weighted by Crippen LogP contribution is -2.22. The largest absolute Gasteiger partial charge is 0.673 e. The molecule has 1 aromatic carbocycles. The van der Waals surface area contributed by atoms with Crippen molar-refractivity contribution in [1.29, 1.82) is 0 Å². The van der Waals surface area contributed by atoms with Crippen LogP contribution in [0.25, 0.3) is 32.6 Å². The molecular weight excluding hydrogens is 454 g/mol. The lowest BCUT2D eigenvalue weighted by Gasteiger charge is -2.05. The molecule has 0 atom stereocenters. The van der Waals surface area contributed by atoms with E-state index in [1.165, 1.54) is 38.1 Å². The van der Waals surface area contributed by atoms with Gasteiger partial charge in [0.1, 0.15) is 0 Å². The van der Waals surface area contributed by atoms with Crippen LogP contribution in [0.2, 0.25) is 0 Å². The highest BCUT2D eigenvalue weighted by Gasteiger charge is 2.21. The van der Waals surface area contributed by atoms with E-state index >= 15 is 0 Å². The number of hydrogen-bond acceptors (Lipinski definition) is 0. The number of pyridine rings is 4. The van der Waals surface area contributed by atoms with Crippen LogP contribution in [0.1, 0.15) is 5.56 Å². The molecule has 5 rings (SSSR count). The fourth-order valence-corrected chi connectivity index (χ4v) is 3.62. The number of hydrogen-bond donors (Lipinski definition) is 0. The summed E-state index contributed by atoms with van der Waals surface area (Å²) in [4.78, 5) is 0. The molecule has 0 radical (unpaired) electrons. The van der Waals surface area contributed by atoms with Gasteiger partial charge in [-0.05, 0) is 30.5 Å². The Morgan fingerprint density at radius 2 is 1.18 bits per heavy atom. The van der Waals surface area contributed by atoms with Gasteiger partial charge in [0.2, 0.25) is 11.0 Å². The highest BCUT2D eigenvalue weighted by molar-refractivity contribution is 6.50. The van der Waals surface area contributed by atoms with Crippen molar-refractivity contribution >= 4 is 47.1 Å². The van der Waals surface area contributed by atoms with Crippen LogP contribution in [-0.4, -0.2) is 14.5 Å². The van der Waals surface area contributed by atoms with Gasteiger partial charge in [-0.15, -0.1) is 0 Å². The highest BCUT2D eigenvalue weighted by atomic mass is 19.5. The van der Waals surface area contributed by atoms with Crippen LogP contribution in [0, 0.1) is 6.92 Å². The van der Waals surface area contributed by atoms with Crippen LogP contribution in [0.15, 0.2) is 79.4 Å². The number of aromatic nitrogens is 2. The second kappa shape index (κ2) is 9.21. The molecule has 33 heavy (non-hydrogen) atoms. The molecule has 0 aliphatic heterocycles. The lowest BCUT2D eigenvalue weighted by atomic mass is 10.00. The van der Waals surface area contributed by atoms with Crippen molar-refractivity contribution < 1.29 is 43.3 Å². The van der Waals surface area contributed by atoms with Gasteiger partial charge >= 0.3 is 14.5 Å². The van der Waals surface area contributed by atoms with Crippen molar-refractivity contribution in [3.05, 3.63) is 84.9 Å². The normalized spacial score (nSPS) is 11.8. The Balaban J connectivity index is 0.000000261. The maximum Gasteiger partial charge on any atom is 0.673 e. The minimum absolute atomic E-state index is 1.21. The van der Waals surface area contributed by atoms with Crippen molar-refractivity contribution in [3.63, 3.8) is 0 Å². The van der Waals surface area contributed by atoms with E-state index < -0.39 is 14.5 Å². The smallest absolute Gasteiger partial charge is 0.418 e. The number of nitrogens with zero attached hydrogens (tertiary/aromatic N) is 2. The lowest BCUT2D eigenvalue weighted by molar-refractivity contribution is -0.510. The maximum absolute atomic E-state index is 9.75. The number of rotatable bonds is 0. The van der Waals surface area contributed by atoms with Gasteiger partial charge in [-0.1, -0.05) is 6.07 Å². The van der Waals surface area contributed by atoms with E-state index in [-0.39, 0.29) is 0 Å². The molecule has 0 saturated carbocycles. The molecule has 4 aromatic heterocycles. The summed E-state index contributed by atoms with van der Waals surface area (Å²) in [5, 5.41) is 5.20. The summed E-state index contributed by atoms with van der Waals surface area (Å²) in [5.74, 6) is 0. The van der Waals surface area contributed by atoms with Crippen LogP contribution in [0.5, 0.6) is 0 Å². The average molecular weight is 470 g/mol. The molecule has 0 saturated heterocycles. The van der Waals surface area contributed by atoms with Gasteiger partial charge in [0.25, 0.3) is 0 Å². The van der Waals surface area contributed by atoms with E-state index in [0.717, 1.165) is 0 Å². The Morgan fingerprint density at radius 1 is 0.636 bits per heavy atom. The van der Waals surface area contributed by atoms with Crippen molar-refractivity contribution in [1.82, 2.24) is 0 Å². The van der Waals surface area contributed by atoms with Gasteiger partial charge in [0, 0.05) is 46.7 Å². The first-order valence-electron chi connectivity index (χ1n) is 9.62. The van der Waals surface area contributed by atoms with Crippen molar-refractivity contribution in [2.24, 2.45) is 0 Å². The molecule has 12 heteroatoms. The molecule has 5 aromatic rings. The summed E-state index contributed by atoms with van der Waals surface area (Å²) >= 11 is 0. The fraction of sp³-hybridized carbons (Fsp3) is 0.0476. The number of fused-ring (bicyclic) bond motifs is 5. The molecular formula is C21H16B2F8N2. The summed E-state index contributed by atoms with van der Waals surface area (Å²) in [6.45, 7) is 2.22. The minimum Gasteiger partial charge on any atom is -0.418 e. The molecule has 0 spiro atoms. The van der Waals surface area contributed by atoms with E-state index in [9.17, 15) is 34.5 Å². The zero-order valence-corrected chi connectivity index (χ0v) is 17.1. The SMILES string of the molecule is Cc1c2c(ccc3cc4cccc[n+]4cc32)c[n+]2ccccc12.F[B-](F)(F)F.F[B-](F)(F)F. The first kappa shape index (κ1) is 24.2. The monoisotopic (exact) mass is 470 g/mol. The molecule has 0 aliphatic carbocycles. The predicted octanol–water partition coefficient (Wildman–Crippen LogP) is 6.38. The molecule has 0 amide bonds. The topological polar surface area (TPSA) is 8.20 Å². The molecule has 0 unspecified atom stereocenters. The maximum atomic E-state index is 9.75. The second-order valence-corrected chi connectivity index (χ2v) is 7.08. The Bertz CT molecular complexity index is 1410. The van der Waals surface area contributed by atoms with Crippen LogP contribution in [0.4, 0.5) is 34.5 Å². The minimum atomic E-state index is -6.00. The number of halogens is 8. The highest BCUT2D eigenvalue weighted by Crippen LogP contribution is 2.28. The molecule has 172 valence electrons. The zero-order chi connectivity index (χ0) is 24.4. The van der Waals surface area contributed by atoms with Crippen molar-refractivity contribution in [3.8, 4) is 0 Å². The standard InChI is InChI=1S/C21H16N2.2BF4/c1-15-20-7-3-5-11-23(20)13-17-9-8-16-12-18-6-2-4-10-22(18)14-19(16)21(15)17;2*2-1(3,4)5/h2-14H,1H3;;/q+2;2*-1. The molecule has 2 nitrogen and oxygen atoms in total. The predicted molar refractivity (Wildman–Crippen MR) is 113 cm³/mol. The Kier molecular flexibility index (Phi) is 6.76. The average Bonchev–Trinajstić information content (AvgIpc) is 2.70. The van der Waals surface area contributed by atoms with E-state index in [1.54, 1.807) is 0 Å². The number of benzene rings is 1. The van der Waals surface area contributed by atoms with Crippen LogP contribution >= 0.6 is 0 Å². The van der Waals surface area contributed by atoms with E-state index in [1.807, 2.05) is 0 Å². The van der Waals surface area contributed by atoms with Gasteiger partial charge in [0.05, 0.1) is 5.39 Å². The molecule has 0 N–H and O–H groups in total. The van der Waals surface area contributed by atoms with Crippen molar-refractivity contribution in [2.75, 3.05) is 0 Å². The van der Waals surface area contributed by atoms with Crippen LogP contribution in [-0.2, 0) is 0 Å². The summed E-state index contributed by atoms with van der Waals surface area (Å²) in [6, 6.07) is 19.4. The summed E-state index contributed by atoms with van der Waals surface area (Å²) in [7, 11) is -12.0. The number of aryl methyl sites for hydroxylation is 1. The Labute approximate surface area is 182 Å². The first-order valence-corrected chi connectivity index (χ1v) is 9.62. The fourth-order valence-electron chi connectivity index (χ4n) is 3.62. The van der Waals surface area contributed by atoms with E-state index in [2.05, 4.69) is 95.1 Å². The second-order valence-electron chi connectivity index (χ2n) is 7.08.